The van der Waals surface area contributed by atoms with Crippen LogP contribution < -0.4 is 0 Å². The third kappa shape index (κ3) is 3.04. The Morgan fingerprint density at radius 2 is 2.07 bits per heavy atom. The van der Waals surface area contributed by atoms with Crippen molar-refractivity contribution in [3.05, 3.63) is 0 Å². The molecule has 0 aromatic carbocycles. The maximum Gasteiger partial charge on any atom is 0.136 e. The molecular weight excluding hydrogens is 188 g/mol. The normalized spacial score (nSPS) is 37.9. The Balaban J connectivity index is 1.83. The van der Waals surface area contributed by atoms with E-state index in [1.165, 1.54) is 19.3 Å². The Kier molecular flexibility index (Phi) is 3.79. The van der Waals surface area contributed by atoms with Gasteiger partial charge < -0.3 is 4.74 Å². The molecule has 0 spiro atoms. The van der Waals surface area contributed by atoms with E-state index in [1.54, 1.807) is 0 Å². The van der Waals surface area contributed by atoms with E-state index in [-0.39, 0.29) is 0 Å². The summed E-state index contributed by atoms with van der Waals surface area (Å²) in [6.07, 6.45) is 9.60. The van der Waals surface area contributed by atoms with Gasteiger partial charge in [0, 0.05) is 12.3 Å². The summed E-state index contributed by atoms with van der Waals surface area (Å²) in [6, 6.07) is 0. The van der Waals surface area contributed by atoms with E-state index in [0.29, 0.717) is 23.9 Å². The van der Waals surface area contributed by atoms with Crippen LogP contribution in [0, 0.1) is 5.92 Å². The SMILES string of the molecule is CC1CCC(CC2CCCCCC2=O)O1. The number of ether oxygens (including phenoxy) is 1. The lowest BCUT2D eigenvalue weighted by molar-refractivity contribution is -0.124. The van der Waals surface area contributed by atoms with Gasteiger partial charge >= 0.3 is 0 Å². The van der Waals surface area contributed by atoms with Crippen LogP contribution in [-0.2, 0) is 9.53 Å². The van der Waals surface area contributed by atoms with Gasteiger partial charge in [-0.3, -0.25) is 4.79 Å². The summed E-state index contributed by atoms with van der Waals surface area (Å²) in [7, 11) is 0. The van der Waals surface area contributed by atoms with Gasteiger partial charge in [0.2, 0.25) is 0 Å². The molecule has 1 aliphatic carbocycles. The summed E-state index contributed by atoms with van der Waals surface area (Å²) in [5.41, 5.74) is 0. The van der Waals surface area contributed by atoms with E-state index in [9.17, 15) is 4.79 Å². The average molecular weight is 210 g/mol. The number of Topliss-reactive ketones (excluding diaryl/α,β-unsaturated/α-hetero) is 1. The summed E-state index contributed by atoms with van der Waals surface area (Å²) >= 11 is 0. The highest BCUT2D eigenvalue weighted by atomic mass is 16.5. The van der Waals surface area contributed by atoms with Crippen LogP contribution in [0.1, 0.15) is 58.3 Å². The van der Waals surface area contributed by atoms with Gasteiger partial charge in [0.15, 0.2) is 0 Å². The third-order valence-electron chi connectivity index (χ3n) is 3.80. The zero-order valence-corrected chi connectivity index (χ0v) is 9.71. The molecule has 2 aliphatic rings. The molecular formula is C13H22O2. The summed E-state index contributed by atoms with van der Waals surface area (Å²) in [6.45, 7) is 2.13. The second kappa shape index (κ2) is 5.11. The largest absolute Gasteiger partial charge is 0.375 e. The predicted octanol–water partition coefficient (Wildman–Crippen LogP) is 3.09. The summed E-state index contributed by atoms with van der Waals surface area (Å²) in [5, 5.41) is 0. The molecule has 1 saturated heterocycles. The minimum Gasteiger partial charge on any atom is -0.375 e. The molecule has 2 rings (SSSR count). The Morgan fingerprint density at radius 1 is 1.20 bits per heavy atom. The van der Waals surface area contributed by atoms with Gasteiger partial charge in [-0.2, -0.15) is 0 Å². The van der Waals surface area contributed by atoms with Crippen molar-refractivity contribution in [2.75, 3.05) is 0 Å². The van der Waals surface area contributed by atoms with Gasteiger partial charge in [0.25, 0.3) is 0 Å². The van der Waals surface area contributed by atoms with Gasteiger partial charge in [0.05, 0.1) is 12.2 Å². The Morgan fingerprint density at radius 3 is 2.80 bits per heavy atom. The van der Waals surface area contributed by atoms with Gasteiger partial charge in [-0.1, -0.05) is 12.8 Å². The highest BCUT2D eigenvalue weighted by molar-refractivity contribution is 5.81. The van der Waals surface area contributed by atoms with Crippen molar-refractivity contribution in [1.29, 1.82) is 0 Å². The molecule has 2 fully saturated rings. The van der Waals surface area contributed by atoms with Crippen molar-refractivity contribution in [3.8, 4) is 0 Å². The number of rotatable bonds is 2. The molecule has 1 heterocycles. The number of hydrogen-bond donors (Lipinski definition) is 0. The van der Waals surface area contributed by atoms with Crippen LogP contribution in [0.5, 0.6) is 0 Å². The maximum atomic E-state index is 11.8. The van der Waals surface area contributed by atoms with Crippen molar-refractivity contribution >= 4 is 5.78 Å². The fourth-order valence-corrected chi connectivity index (χ4v) is 2.86. The zero-order chi connectivity index (χ0) is 10.7. The molecule has 2 nitrogen and oxygen atoms in total. The average Bonchev–Trinajstić information content (AvgIpc) is 2.50. The maximum absolute atomic E-state index is 11.8. The molecule has 3 unspecified atom stereocenters. The molecule has 86 valence electrons. The first kappa shape index (κ1) is 11.1. The molecule has 3 atom stereocenters. The minimum atomic E-state index is 0.308. The van der Waals surface area contributed by atoms with E-state index < -0.39 is 0 Å². The van der Waals surface area contributed by atoms with Crippen LogP contribution in [0.2, 0.25) is 0 Å². The second-order valence-electron chi connectivity index (χ2n) is 5.14. The van der Waals surface area contributed by atoms with Gasteiger partial charge in [0.1, 0.15) is 5.78 Å². The minimum absolute atomic E-state index is 0.308. The summed E-state index contributed by atoms with van der Waals surface area (Å²) in [4.78, 5) is 11.8. The monoisotopic (exact) mass is 210 g/mol. The lowest BCUT2D eigenvalue weighted by atomic mass is 9.92. The molecule has 0 N–H and O–H groups in total. The van der Waals surface area contributed by atoms with Crippen LogP contribution in [0.4, 0.5) is 0 Å². The molecule has 1 aliphatic heterocycles. The molecule has 1 saturated carbocycles. The van der Waals surface area contributed by atoms with Crippen molar-refractivity contribution < 1.29 is 9.53 Å². The first-order chi connectivity index (χ1) is 7.25. The van der Waals surface area contributed by atoms with Gasteiger partial charge in [-0.05, 0) is 39.0 Å². The van der Waals surface area contributed by atoms with E-state index in [0.717, 1.165) is 32.1 Å². The highest BCUT2D eigenvalue weighted by Crippen LogP contribution is 2.29. The van der Waals surface area contributed by atoms with Crippen molar-refractivity contribution in [2.24, 2.45) is 5.92 Å². The topological polar surface area (TPSA) is 26.3 Å². The van der Waals surface area contributed by atoms with Crippen LogP contribution in [0.3, 0.4) is 0 Å². The lowest BCUT2D eigenvalue weighted by Crippen LogP contribution is -2.20. The number of hydrogen-bond acceptors (Lipinski definition) is 2. The van der Waals surface area contributed by atoms with Crippen molar-refractivity contribution in [2.45, 2.75) is 70.5 Å². The Bertz CT molecular complexity index is 225. The van der Waals surface area contributed by atoms with Gasteiger partial charge in [-0.25, -0.2) is 0 Å². The molecule has 0 aromatic heterocycles. The summed E-state index contributed by atoms with van der Waals surface area (Å²) < 4.78 is 5.80. The predicted molar refractivity (Wildman–Crippen MR) is 59.8 cm³/mol. The molecule has 0 radical (unpaired) electrons. The number of carbonyl (C=O) groups excluding carboxylic acids is 1. The third-order valence-corrected chi connectivity index (χ3v) is 3.80. The Hall–Kier alpha value is -0.370. The molecule has 15 heavy (non-hydrogen) atoms. The van der Waals surface area contributed by atoms with E-state index in [4.69, 9.17) is 4.74 Å². The molecule has 2 heteroatoms. The van der Waals surface area contributed by atoms with Crippen molar-refractivity contribution in [3.63, 3.8) is 0 Å². The van der Waals surface area contributed by atoms with Crippen LogP contribution in [-0.4, -0.2) is 18.0 Å². The van der Waals surface area contributed by atoms with E-state index in [1.807, 2.05) is 0 Å². The fourth-order valence-electron chi connectivity index (χ4n) is 2.86. The highest BCUT2D eigenvalue weighted by Gasteiger charge is 2.28. The van der Waals surface area contributed by atoms with Crippen LogP contribution in [0.25, 0.3) is 0 Å². The number of carbonyl (C=O) groups is 1. The van der Waals surface area contributed by atoms with Crippen LogP contribution >= 0.6 is 0 Å². The molecule has 0 bridgehead atoms. The standard InChI is InChI=1S/C13H22O2/c1-10-7-8-12(15-10)9-11-5-3-2-4-6-13(11)14/h10-12H,2-9H2,1H3. The number of ketones is 1. The summed E-state index contributed by atoms with van der Waals surface area (Å²) in [5.74, 6) is 0.804. The quantitative estimate of drug-likeness (QED) is 0.655. The smallest absolute Gasteiger partial charge is 0.136 e. The van der Waals surface area contributed by atoms with E-state index >= 15 is 0 Å². The molecule has 0 amide bonds. The van der Waals surface area contributed by atoms with Crippen molar-refractivity contribution in [1.82, 2.24) is 0 Å². The zero-order valence-electron chi connectivity index (χ0n) is 9.71. The Labute approximate surface area is 92.4 Å². The fraction of sp³-hybridized carbons (Fsp3) is 0.923. The second-order valence-corrected chi connectivity index (χ2v) is 5.14. The first-order valence-electron chi connectivity index (χ1n) is 6.44. The van der Waals surface area contributed by atoms with Gasteiger partial charge in [-0.15, -0.1) is 0 Å². The van der Waals surface area contributed by atoms with E-state index in [2.05, 4.69) is 6.92 Å². The molecule has 0 aromatic rings. The lowest BCUT2D eigenvalue weighted by Gasteiger charge is -2.17. The van der Waals surface area contributed by atoms with Crippen LogP contribution in [0.15, 0.2) is 0 Å². The first-order valence-corrected chi connectivity index (χ1v) is 6.44.